The van der Waals surface area contributed by atoms with Crippen LogP contribution in [0.2, 0.25) is 0 Å². The molecule has 14 heavy (non-hydrogen) atoms. The molecule has 2 N–H and O–H groups in total. The average Bonchev–Trinajstić information content (AvgIpc) is 2.09. The van der Waals surface area contributed by atoms with Crippen molar-refractivity contribution in [2.75, 3.05) is 0 Å². The van der Waals surface area contributed by atoms with E-state index in [1.807, 2.05) is 6.92 Å². The van der Waals surface area contributed by atoms with Crippen molar-refractivity contribution in [1.82, 2.24) is 0 Å². The number of carboxylic acid groups (broad SMARTS) is 2. The Balaban J connectivity index is 4.24. The number of hydrogen-bond acceptors (Lipinski definition) is 2. The van der Waals surface area contributed by atoms with Gasteiger partial charge in [-0.1, -0.05) is 23.8 Å². The van der Waals surface area contributed by atoms with E-state index in [0.29, 0.717) is 5.57 Å². The highest BCUT2D eigenvalue weighted by Gasteiger charge is 2.05. The Kier molecular flexibility index (Phi) is 6.11. The van der Waals surface area contributed by atoms with Gasteiger partial charge in [0, 0.05) is 6.42 Å². The Morgan fingerprint density at radius 2 is 1.79 bits per heavy atom. The number of carboxylic acids is 2. The van der Waals surface area contributed by atoms with Crippen molar-refractivity contribution in [3.8, 4) is 0 Å². The van der Waals surface area contributed by atoms with Crippen LogP contribution in [-0.2, 0) is 9.59 Å². The van der Waals surface area contributed by atoms with Gasteiger partial charge in [0.05, 0.1) is 6.42 Å². The van der Waals surface area contributed by atoms with Crippen LogP contribution in [0.3, 0.4) is 0 Å². The van der Waals surface area contributed by atoms with Gasteiger partial charge in [0.25, 0.3) is 0 Å². The highest BCUT2D eigenvalue weighted by Crippen LogP contribution is 2.10. The van der Waals surface area contributed by atoms with Crippen molar-refractivity contribution in [3.63, 3.8) is 0 Å². The molecule has 0 aromatic carbocycles. The Hall–Kier alpha value is -1.58. The van der Waals surface area contributed by atoms with Gasteiger partial charge >= 0.3 is 11.9 Å². The van der Waals surface area contributed by atoms with E-state index in [1.54, 1.807) is 18.2 Å². The summed E-state index contributed by atoms with van der Waals surface area (Å²) in [5, 5.41) is 17.0. The average molecular weight is 198 g/mol. The molecule has 78 valence electrons. The third-order valence-corrected chi connectivity index (χ3v) is 1.56. The molecule has 0 heterocycles. The topological polar surface area (TPSA) is 74.6 Å². The molecule has 0 saturated carbocycles. The lowest BCUT2D eigenvalue weighted by Gasteiger charge is -2.00. The quantitative estimate of drug-likeness (QED) is 0.638. The van der Waals surface area contributed by atoms with Gasteiger partial charge < -0.3 is 10.2 Å². The van der Waals surface area contributed by atoms with E-state index in [1.165, 1.54) is 0 Å². The summed E-state index contributed by atoms with van der Waals surface area (Å²) in [4.78, 5) is 20.7. The van der Waals surface area contributed by atoms with E-state index in [4.69, 9.17) is 10.2 Å². The molecule has 0 fully saturated rings. The second-order valence-corrected chi connectivity index (χ2v) is 2.81. The summed E-state index contributed by atoms with van der Waals surface area (Å²) in [6.45, 7) is 1.81. The fraction of sp³-hybridized carbons (Fsp3) is 0.400. The molecule has 0 amide bonds. The largest absolute Gasteiger partial charge is 0.481 e. The van der Waals surface area contributed by atoms with Gasteiger partial charge in [-0.25, -0.2) is 0 Å². The first-order valence-electron chi connectivity index (χ1n) is 4.30. The maximum absolute atomic E-state index is 10.4. The summed E-state index contributed by atoms with van der Waals surface area (Å²) in [7, 11) is 0. The highest BCUT2D eigenvalue weighted by atomic mass is 16.4. The van der Waals surface area contributed by atoms with Crippen molar-refractivity contribution >= 4 is 11.9 Å². The van der Waals surface area contributed by atoms with Crippen LogP contribution in [0.25, 0.3) is 0 Å². The third kappa shape index (κ3) is 7.09. The Labute approximate surface area is 82.6 Å². The minimum absolute atomic E-state index is 0.0311. The second-order valence-electron chi connectivity index (χ2n) is 2.81. The van der Waals surface area contributed by atoms with Crippen LogP contribution in [0, 0.1) is 0 Å². The molecule has 0 aromatic heterocycles. The molecule has 0 aliphatic carbocycles. The Bertz CT molecular complexity index is 263. The summed E-state index contributed by atoms with van der Waals surface area (Å²) >= 11 is 0. The van der Waals surface area contributed by atoms with Crippen molar-refractivity contribution < 1.29 is 19.8 Å². The fourth-order valence-electron chi connectivity index (χ4n) is 0.925. The normalized spacial score (nSPS) is 11.9. The van der Waals surface area contributed by atoms with E-state index < -0.39 is 11.9 Å². The Morgan fingerprint density at radius 1 is 1.14 bits per heavy atom. The molecule has 0 spiro atoms. The van der Waals surface area contributed by atoms with Crippen LogP contribution in [0.1, 0.15) is 26.2 Å². The molecule has 0 bridgehead atoms. The van der Waals surface area contributed by atoms with E-state index in [9.17, 15) is 9.59 Å². The van der Waals surface area contributed by atoms with Gasteiger partial charge in [-0.15, -0.1) is 0 Å². The van der Waals surface area contributed by atoms with Crippen LogP contribution >= 0.6 is 0 Å². The number of aliphatic carboxylic acids is 2. The zero-order valence-corrected chi connectivity index (χ0v) is 8.06. The maximum atomic E-state index is 10.4. The first kappa shape index (κ1) is 12.4. The summed E-state index contributed by atoms with van der Waals surface area (Å²) in [6.07, 6.45) is 5.28. The van der Waals surface area contributed by atoms with E-state index in [2.05, 4.69) is 0 Å². The molecule has 4 heteroatoms. The maximum Gasteiger partial charge on any atom is 0.307 e. The smallest absolute Gasteiger partial charge is 0.307 e. The molecular formula is C10H14O4. The molecule has 0 aromatic rings. The standard InChI is InChI=1S/C10H14O4/c1-2-3-4-8(7-10(13)14)5-6-9(11)12/h2-4H,5-7H2,1H3,(H,11,12)(H,13,14). The first-order valence-corrected chi connectivity index (χ1v) is 4.30. The monoisotopic (exact) mass is 198 g/mol. The van der Waals surface area contributed by atoms with Crippen LogP contribution < -0.4 is 0 Å². The first-order chi connectivity index (χ1) is 6.56. The molecule has 0 aliphatic heterocycles. The SMILES string of the molecule is CC=CC=C(CCC(=O)O)CC(=O)O. The minimum atomic E-state index is -0.939. The van der Waals surface area contributed by atoms with Crippen molar-refractivity contribution in [3.05, 3.63) is 23.8 Å². The molecule has 0 saturated heterocycles. The lowest BCUT2D eigenvalue weighted by atomic mass is 10.1. The molecule has 4 nitrogen and oxygen atoms in total. The van der Waals surface area contributed by atoms with Crippen LogP contribution in [0.4, 0.5) is 0 Å². The number of carbonyl (C=O) groups is 2. The van der Waals surface area contributed by atoms with Crippen LogP contribution in [0.15, 0.2) is 23.8 Å². The van der Waals surface area contributed by atoms with E-state index >= 15 is 0 Å². The van der Waals surface area contributed by atoms with Crippen LogP contribution in [-0.4, -0.2) is 22.2 Å². The zero-order valence-electron chi connectivity index (χ0n) is 8.06. The minimum Gasteiger partial charge on any atom is -0.481 e. The van der Waals surface area contributed by atoms with E-state index in [-0.39, 0.29) is 19.3 Å². The molecule has 0 unspecified atom stereocenters. The number of rotatable bonds is 6. The summed E-state index contributed by atoms with van der Waals surface area (Å²) in [5.41, 5.74) is 0.623. The predicted octanol–water partition coefficient (Wildman–Crippen LogP) is 1.83. The Morgan fingerprint density at radius 3 is 2.21 bits per heavy atom. The fourth-order valence-corrected chi connectivity index (χ4v) is 0.925. The van der Waals surface area contributed by atoms with Crippen LogP contribution in [0.5, 0.6) is 0 Å². The lowest BCUT2D eigenvalue weighted by Crippen LogP contribution is -2.01. The highest BCUT2D eigenvalue weighted by molar-refractivity contribution is 5.71. The van der Waals surface area contributed by atoms with Gasteiger partial charge in [-0.3, -0.25) is 9.59 Å². The third-order valence-electron chi connectivity index (χ3n) is 1.56. The molecule has 0 radical (unpaired) electrons. The zero-order chi connectivity index (χ0) is 11.0. The predicted molar refractivity (Wildman–Crippen MR) is 52.0 cm³/mol. The van der Waals surface area contributed by atoms with E-state index in [0.717, 1.165) is 0 Å². The van der Waals surface area contributed by atoms with Gasteiger partial charge in [-0.05, 0) is 13.3 Å². The van der Waals surface area contributed by atoms with Gasteiger partial charge in [0.15, 0.2) is 0 Å². The second kappa shape index (κ2) is 6.88. The number of allylic oxidation sites excluding steroid dienone is 3. The van der Waals surface area contributed by atoms with Gasteiger partial charge in [-0.2, -0.15) is 0 Å². The summed E-state index contributed by atoms with van der Waals surface area (Å²) in [6, 6.07) is 0. The molecular weight excluding hydrogens is 184 g/mol. The van der Waals surface area contributed by atoms with Crippen molar-refractivity contribution in [1.29, 1.82) is 0 Å². The van der Waals surface area contributed by atoms with Crippen molar-refractivity contribution in [2.24, 2.45) is 0 Å². The summed E-state index contributed by atoms with van der Waals surface area (Å²) in [5.74, 6) is -1.85. The lowest BCUT2D eigenvalue weighted by molar-refractivity contribution is -0.138. The molecule has 0 rings (SSSR count). The van der Waals surface area contributed by atoms with Gasteiger partial charge in [0.2, 0.25) is 0 Å². The number of hydrogen-bond donors (Lipinski definition) is 2. The molecule has 0 atom stereocenters. The summed E-state index contributed by atoms with van der Waals surface area (Å²) < 4.78 is 0. The van der Waals surface area contributed by atoms with Gasteiger partial charge in [0.1, 0.15) is 0 Å². The van der Waals surface area contributed by atoms with Crippen molar-refractivity contribution in [2.45, 2.75) is 26.2 Å². The molecule has 0 aliphatic rings.